The fourth-order valence-corrected chi connectivity index (χ4v) is 2.00. The van der Waals surface area contributed by atoms with Gasteiger partial charge in [0.15, 0.2) is 0 Å². The molecule has 3 heteroatoms. The van der Waals surface area contributed by atoms with Gasteiger partial charge in [0.2, 0.25) is 5.91 Å². The predicted octanol–water partition coefficient (Wildman–Crippen LogP) is 1.70. The maximum Gasteiger partial charge on any atom is 0.220 e. The third-order valence-corrected chi connectivity index (χ3v) is 3.23. The molecule has 0 aromatic heterocycles. The summed E-state index contributed by atoms with van der Waals surface area (Å²) < 4.78 is 0. The Morgan fingerprint density at radius 3 is 2.53 bits per heavy atom. The van der Waals surface area contributed by atoms with Gasteiger partial charge in [-0.2, -0.15) is 0 Å². The summed E-state index contributed by atoms with van der Waals surface area (Å²) in [6.07, 6.45) is 5.15. The Kier molecular flexibility index (Phi) is 5.09. The van der Waals surface area contributed by atoms with Crippen molar-refractivity contribution in [3.05, 3.63) is 0 Å². The molecule has 1 aliphatic carbocycles. The Balaban J connectivity index is 2.12. The normalized spacial score (nSPS) is 19.5. The Morgan fingerprint density at radius 2 is 2.00 bits per heavy atom. The number of carbonyl (C=O) groups is 1. The molecule has 1 aliphatic rings. The molecule has 0 aromatic rings. The zero-order valence-corrected chi connectivity index (χ0v) is 9.83. The van der Waals surface area contributed by atoms with Gasteiger partial charge in [-0.05, 0) is 24.7 Å². The predicted molar refractivity (Wildman–Crippen MR) is 60.4 cm³/mol. The lowest BCUT2D eigenvalue weighted by Gasteiger charge is -2.16. The molecule has 1 unspecified atom stereocenters. The molecule has 0 bridgehead atoms. The minimum atomic E-state index is -0.419. The van der Waals surface area contributed by atoms with Crippen LogP contribution >= 0.6 is 0 Å². The third-order valence-electron chi connectivity index (χ3n) is 3.23. The van der Waals surface area contributed by atoms with Crippen LogP contribution in [0.15, 0.2) is 0 Å². The fraction of sp³-hybridized carbons (Fsp3) is 0.917. The zero-order chi connectivity index (χ0) is 11.3. The van der Waals surface area contributed by atoms with Gasteiger partial charge in [-0.25, -0.2) is 0 Å². The highest BCUT2D eigenvalue weighted by atomic mass is 16.3. The van der Waals surface area contributed by atoms with Gasteiger partial charge in [0.1, 0.15) is 0 Å². The minimum absolute atomic E-state index is 0.0987. The van der Waals surface area contributed by atoms with Gasteiger partial charge in [-0.3, -0.25) is 4.79 Å². The van der Waals surface area contributed by atoms with E-state index in [1.807, 2.05) is 13.8 Å². The number of nitrogens with one attached hydrogen (secondary N) is 1. The molecular formula is C12H23NO2. The second kappa shape index (κ2) is 6.11. The van der Waals surface area contributed by atoms with Crippen LogP contribution in [0.1, 0.15) is 46.0 Å². The first-order chi connectivity index (χ1) is 7.09. The monoisotopic (exact) mass is 213 g/mol. The molecular weight excluding hydrogens is 190 g/mol. The van der Waals surface area contributed by atoms with Crippen LogP contribution < -0.4 is 5.32 Å². The van der Waals surface area contributed by atoms with Crippen LogP contribution in [0.5, 0.6) is 0 Å². The van der Waals surface area contributed by atoms with Crippen molar-refractivity contribution < 1.29 is 9.90 Å². The first kappa shape index (κ1) is 12.5. The number of hydrogen-bond acceptors (Lipinski definition) is 2. The fourth-order valence-electron chi connectivity index (χ4n) is 2.00. The summed E-state index contributed by atoms with van der Waals surface area (Å²) in [5, 5.41) is 12.3. The Labute approximate surface area is 92.3 Å². The lowest BCUT2D eigenvalue weighted by atomic mass is 10.0. The van der Waals surface area contributed by atoms with Crippen molar-refractivity contribution in [3.8, 4) is 0 Å². The average molecular weight is 213 g/mol. The van der Waals surface area contributed by atoms with E-state index in [4.69, 9.17) is 0 Å². The van der Waals surface area contributed by atoms with Gasteiger partial charge in [-0.15, -0.1) is 0 Å². The molecule has 0 aliphatic heterocycles. The summed E-state index contributed by atoms with van der Waals surface area (Å²) in [6.45, 7) is 4.30. The molecule has 88 valence electrons. The molecule has 1 fully saturated rings. The maximum atomic E-state index is 11.5. The molecule has 2 N–H and O–H groups in total. The first-order valence-electron chi connectivity index (χ1n) is 6.04. The second-order valence-corrected chi connectivity index (χ2v) is 4.97. The van der Waals surface area contributed by atoms with E-state index in [0.29, 0.717) is 18.9 Å². The molecule has 0 spiro atoms. The molecule has 0 saturated heterocycles. The van der Waals surface area contributed by atoms with Crippen LogP contribution in [-0.2, 0) is 4.79 Å². The van der Waals surface area contributed by atoms with Crippen LogP contribution in [0.2, 0.25) is 0 Å². The van der Waals surface area contributed by atoms with Crippen molar-refractivity contribution in [2.45, 2.75) is 52.1 Å². The summed E-state index contributed by atoms with van der Waals surface area (Å²) in [5.74, 6) is 0.888. The van der Waals surface area contributed by atoms with Crippen LogP contribution in [0.25, 0.3) is 0 Å². The Morgan fingerprint density at radius 1 is 1.40 bits per heavy atom. The van der Waals surface area contributed by atoms with Crippen LogP contribution in [0, 0.1) is 11.8 Å². The van der Waals surface area contributed by atoms with Gasteiger partial charge in [-0.1, -0.05) is 26.7 Å². The summed E-state index contributed by atoms with van der Waals surface area (Å²) >= 11 is 0. The van der Waals surface area contributed by atoms with Gasteiger partial charge in [0.05, 0.1) is 6.10 Å². The molecule has 0 radical (unpaired) electrons. The van der Waals surface area contributed by atoms with Crippen molar-refractivity contribution in [1.82, 2.24) is 5.32 Å². The van der Waals surface area contributed by atoms with Crippen LogP contribution in [0.3, 0.4) is 0 Å². The van der Waals surface area contributed by atoms with E-state index in [0.717, 1.165) is 0 Å². The standard InChI is InChI=1S/C12H23NO2/c1-9(2)11(14)8-13-12(15)7-10-5-3-4-6-10/h9-11,14H,3-8H2,1-2H3,(H,13,15). The molecule has 1 rings (SSSR count). The molecule has 1 atom stereocenters. The summed E-state index contributed by atoms with van der Waals surface area (Å²) in [5.41, 5.74) is 0. The lowest BCUT2D eigenvalue weighted by Crippen LogP contribution is -2.35. The highest BCUT2D eigenvalue weighted by Crippen LogP contribution is 2.27. The summed E-state index contributed by atoms with van der Waals surface area (Å²) in [7, 11) is 0. The summed E-state index contributed by atoms with van der Waals surface area (Å²) in [4.78, 5) is 11.5. The van der Waals surface area contributed by atoms with Crippen molar-refractivity contribution in [1.29, 1.82) is 0 Å². The summed E-state index contributed by atoms with van der Waals surface area (Å²) in [6, 6.07) is 0. The van der Waals surface area contributed by atoms with Crippen LogP contribution in [0.4, 0.5) is 0 Å². The average Bonchev–Trinajstić information content (AvgIpc) is 2.66. The number of carbonyl (C=O) groups excluding carboxylic acids is 1. The van der Waals surface area contributed by atoms with E-state index >= 15 is 0 Å². The zero-order valence-electron chi connectivity index (χ0n) is 9.83. The van der Waals surface area contributed by atoms with E-state index in [2.05, 4.69) is 5.32 Å². The van der Waals surface area contributed by atoms with E-state index < -0.39 is 6.10 Å². The minimum Gasteiger partial charge on any atom is -0.391 e. The van der Waals surface area contributed by atoms with E-state index in [9.17, 15) is 9.90 Å². The van der Waals surface area contributed by atoms with Crippen LogP contribution in [-0.4, -0.2) is 23.7 Å². The van der Waals surface area contributed by atoms with Gasteiger partial charge >= 0.3 is 0 Å². The SMILES string of the molecule is CC(C)C(O)CNC(=O)CC1CCCC1. The quantitative estimate of drug-likeness (QED) is 0.730. The van der Waals surface area contributed by atoms with E-state index in [1.54, 1.807) is 0 Å². The number of aliphatic hydroxyl groups is 1. The molecule has 15 heavy (non-hydrogen) atoms. The van der Waals surface area contributed by atoms with Crippen molar-refractivity contribution in [2.24, 2.45) is 11.8 Å². The number of aliphatic hydroxyl groups excluding tert-OH is 1. The highest BCUT2D eigenvalue weighted by Gasteiger charge is 2.19. The molecule has 1 saturated carbocycles. The highest BCUT2D eigenvalue weighted by molar-refractivity contribution is 5.76. The van der Waals surface area contributed by atoms with Gasteiger partial charge in [0, 0.05) is 13.0 Å². The van der Waals surface area contributed by atoms with E-state index in [1.165, 1.54) is 25.7 Å². The molecule has 0 aromatic carbocycles. The largest absolute Gasteiger partial charge is 0.391 e. The lowest BCUT2D eigenvalue weighted by molar-refractivity contribution is -0.122. The molecule has 3 nitrogen and oxygen atoms in total. The Hall–Kier alpha value is -0.570. The van der Waals surface area contributed by atoms with Crippen molar-refractivity contribution in [3.63, 3.8) is 0 Å². The smallest absolute Gasteiger partial charge is 0.220 e. The number of hydrogen-bond donors (Lipinski definition) is 2. The number of amides is 1. The molecule has 0 heterocycles. The van der Waals surface area contributed by atoms with E-state index in [-0.39, 0.29) is 11.8 Å². The maximum absolute atomic E-state index is 11.5. The van der Waals surface area contributed by atoms with Gasteiger partial charge < -0.3 is 10.4 Å². The third kappa shape index (κ3) is 4.65. The topological polar surface area (TPSA) is 49.3 Å². The van der Waals surface area contributed by atoms with Crippen molar-refractivity contribution in [2.75, 3.05) is 6.54 Å². The Bertz CT molecular complexity index is 198. The molecule has 1 amide bonds. The van der Waals surface area contributed by atoms with Gasteiger partial charge in [0.25, 0.3) is 0 Å². The number of rotatable bonds is 5. The first-order valence-corrected chi connectivity index (χ1v) is 6.04. The second-order valence-electron chi connectivity index (χ2n) is 4.97. The van der Waals surface area contributed by atoms with Crippen molar-refractivity contribution >= 4 is 5.91 Å².